The Kier molecular flexibility index (Phi) is 4.91. The van der Waals surface area contributed by atoms with Gasteiger partial charge >= 0.3 is 6.01 Å². The van der Waals surface area contributed by atoms with Crippen molar-refractivity contribution in [3.8, 4) is 11.8 Å². The highest BCUT2D eigenvalue weighted by molar-refractivity contribution is 5.32. The van der Waals surface area contributed by atoms with E-state index >= 15 is 0 Å². The van der Waals surface area contributed by atoms with Gasteiger partial charge in [-0.3, -0.25) is 0 Å². The van der Waals surface area contributed by atoms with Crippen LogP contribution in [0.5, 0.6) is 11.8 Å². The Morgan fingerprint density at radius 2 is 1.67 bits per heavy atom. The van der Waals surface area contributed by atoms with Crippen LogP contribution in [0.15, 0.2) is 36.7 Å². The molecule has 0 aliphatic heterocycles. The molecule has 0 saturated carbocycles. The van der Waals surface area contributed by atoms with Crippen LogP contribution in [0.4, 0.5) is 0 Å². The smallest absolute Gasteiger partial charge is 0.321 e. The zero-order chi connectivity index (χ0) is 15.3. The largest absolute Gasteiger partial charge is 0.424 e. The first-order valence-electron chi connectivity index (χ1n) is 7.29. The lowest BCUT2D eigenvalue weighted by atomic mass is 9.87. The zero-order valence-electron chi connectivity index (χ0n) is 13.2. The van der Waals surface area contributed by atoms with Crippen LogP contribution < -0.4 is 10.1 Å². The molecular weight excluding hydrogens is 262 g/mol. The number of aromatic nitrogens is 2. The van der Waals surface area contributed by atoms with Crippen molar-refractivity contribution in [3.05, 3.63) is 47.8 Å². The van der Waals surface area contributed by atoms with Gasteiger partial charge in [0.15, 0.2) is 0 Å². The third kappa shape index (κ3) is 4.53. The summed E-state index contributed by atoms with van der Waals surface area (Å²) in [4.78, 5) is 8.45. The van der Waals surface area contributed by atoms with Crippen LogP contribution in [0.3, 0.4) is 0 Å². The average molecular weight is 285 g/mol. The average Bonchev–Trinajstić information content (AvgIpc) is 2.46. The molecule has 0 aliphatic rings. The molecule has 0 aliphatic carbocycles. The molecule has 0 radical (unpaired) electrons. The molecule has 21 heavy (non-hydrogen) atoms. The van der Waals surface area contributed by atoms with Crippen molar-refractivity contribution >= 4 is 0 Å². The quantitative estimate of drug-likeness (QED) is 0.910. The van der Waals surface area contributed by atoms with Gasteiger partial charge in [0.2, 0.25) is 0 Å². The van der Waals surface area contributed by atoms with Crippen LogP contribution in [0, 0.1) is 0 Å². The predicted octanol–water partition coefficient (Wildman–Crippen LogP) is 3.68. The normalized spacial score (nSPS) is 11.4. The Balaban J connectivity index is 2.01. The molecule has 0 amide bonds. The number of rotatable bonds is 5. The summed E-state index contributed by atoms with van der Waals surface area (Å²) in [6, 6.07) is 8.44. The molecule has 4 nitrogen and oxygen atoms in total. The van der Waals surface area contributed by atoms with Crippen molar-refractivity contribution in [2.24, 2.45) is 0 Å². The van der Waals surface area contributed by atoms with Gasteiger partial charge in [-0.25, -0.2) is 9.97 Å². The van der Waals surface area contributed by atoms with Crippen molar-refractivity contribution in [2.75, 3.05) is 6.54 Å². The van der Waals surface area contributed by atoms with E-state index < -0.39 is 0 Å². The van der Waals surface area contributed by atoms with Crippen molar-refractivity contribution in [2.45, 2.75) is 39.7 Å². The van der Waals surface area contributed by atoms with Gasteiger partial charge in [-0.05, 0) is 29.7 Å². The standard InChI is InChI=1S/C17H23N3O/c1-5-18-10-13-11-19-16(20-12-13)21-15-8-6-14(7-9-15)17(2,3)4/h6-9,11-12,18H,5,10H2,1-4H3. The van der Waals surface area contributed by atoms with Crippen LogP contribution in [-0.4, -0.2) is 16.5 Å². The van der Waals surface area contributed by atoms with Crippen LogP contribution in [0.2, 0.25) is 0 Å². The lowest BCUT2D eigenvalue weighted by Crippen LogP contribution is -2.12. The van der Waals surface area contributed by atoms with Gasteiger partial charge in [-0.2, -0.15) is 0 Å². The van der Waals surface area contributed by atoms with Crippen molar-refractivity contribution < 1.29 is 4.74 Å². The van der Waals surface area contributed by atoms with E-state index in [0.29, 0.717) is 6.01 Å². The van der Waals surface area contributed by atoms with E-state index in [2.05, 4.69) is 55.1 Å². The summed E-state index contributed by atoms with van der Waals surface area (Å²) < 4.78 is 5.66. The maximum atomic E-state index is 5.66. The Morgan fingerprint density at radius 3 is 2.19 bits per heavy atom. The fourth-order valence-electron chi connectivity index (χ4n) is 1.88. The first kappa shape index (κ1) is 15.4. The molecule has 1 heterocycles. The summed E-state index contributed by atoms with van der Waals surface area (Å²) >= 11 is 0. The zero-order valence-corrected chi connectivity index (χ0v) is 13.2. The second-order valence-electron chi connectivity index (χ2n) is 6.03. The van der Waals surface area contributed by atoms with Crippen LogP contribution >= 0.6 is 0 Å². The molecule has 0 bridgehead atoms. The van der Waals surface area contributed by atoms with E-state index in [9.17, 15) is 0 Å². The SMILES string of the molecule is CCNCc1cnc(Oc2ccc(C(C)(C)C)cc2)nc1. The Hall–Kier alpha value is -1.94. The first-order valence-corrected chi connectivity index (χ1v) is 7.29. The van der Waals surface area contributed by atoms with Gasteiger partial charge in [0.25, 0.3) is 0 Å². The molecule has 2 rings (SSSR count). The van der Waals surface area contributed by atoms with E-state index in [1.54, 1.807) is 12.4 Å². The van der Waals surface area contributed by atoms with Gasteiger partial charge in [-0.15, -0.1) is 0 Å². The lowest BCUT2D eigenvalue weighted by molar-refractivity contribution is 0.440. The summed E-state index contributed by atoms with van der Waals surface area (Å²) in [6.07, 6.45) is 3.57. The lowest BCUT2D eigenvalue weighted by Gasteiger charge is -2.18. The minimum Gasteiger partial charge on any atom is -0.424 e. The van der Waals surface area contributed by atoms with Crippen LogP contribution in [0.1, 0.15) is 38.8 Å². The fourth-order valence-corrected chi connectivity index (χ4v) is 1.88. The molecule has 112 valence electrons. The van der Waals surface area contributed by atoms with E-state index in [1.807, 2.05) is 12.1 Å². The predicted molar refractivity (Wildman–Crippen MR) is 84.6 cm³/mol. The molecule has 0 spiro atoms. The number of hydrogen-bond donors (Lipinski definition) is 1. The monoisotopic (exact) mass is 285 g/mol. The third-order valence-electron chi connectivity index (χ3n) is 3.19. The molecular formula is C17H23N3O. The van der Waals surface area contributed by atoms with Crippen molar-refractivity contribution in [1.29, 1.82) is 0 Å². The molecule has 0 saturated heterocycles. The molecule has 4 heteroatoms. The maximum absolute atomic E-state index is 5.66. The van der Waals surface area contributed by atoms with Crippen molar-refractivity contribution in [1.82, 2.24) is 15.3 Å². The third-order valence-corrected chi connectivity index (χ3v) is 3.19. The number of ether oxygens (including phenoxy) is 1. The summed E-state index contributed by atoms with van der Waals surface area (Å²) in [5, 5.41) is 3.23. The Morgan fingerprint density at radius 1 is 1.05 bits per heavy atom. The van der Waals surface area contributed by atoms with Gasteiger partial charge in [0.1, 0.15) is 5.75 Å². The van der Waals surface area contributed by atoms with Crippen LogP contribution in [-0.2, 0) is 12.0 Å². The highest BCUT2D eigenvalue weighted by atomic mass is 16.5. The molecule has 1 aromatic heterocycles. The molecule has 2 aromatic rings. The fraction of sp³-hybridized carbons (Fsp3) is 0.412. The highest BCUT2D eigenvalue weighted by Crippen LogP contribution is 2.25. The minimum atomic E-state index is 0.142. The minimum absolute atomic E-state index is 0.142. The summed E-state index contributed by atoms with van der Waals surface area (Å²) in [6.45, 7) is 10.3. The number of hydrogen-bond acceptors (Lipinski definition) is 4. The second-order valence-corrected chi connectivity index (χ2v) is 6.03. The Bertz CT molecular complexity index is 556. The Labute approximate surface area is 126 Å². The second kappa shape index (κ2) is 6.68. The molecule has 0 atom stereocenters. The molecule has 1 N–H and O–H groups in total. The van der Waals surface area contributed by atoms with Gasteiger partial charge in [0, 0.05) is 24.5 Å². The highest BCUT2D eigenvalue weighted by Gasteiger charge is 2.13. The topological polar surface area (TPSA) is 47.0 Å². The van der Waals surface area contributed by atoms with Crippen molar-refractivity contribution in [3.63, 3.8) is 0 Å². The van der Waals surface area contributed by atoms with E-state index in [4.69, 9.17) is 4.74 Å². The van der Waals surface area contributed by atoms with E-state index in [0.717, 1.165) is 24.4 Å². The summed E-state index contributed by atoms with van der Waals surface area (Å²) in [7, 11) is 0. The number of nitrogens with one attached hydrogen (secondary N) is 1. The summed E-state index contributed by atoms with van der Waals surface area (Å²) in [5.74, 6) is 0.752. The van der Waals surface area contributed by atoms with Gasteiger partial charge in [0.05, 0.1) is 0 Å². The maximum Gasteiger partial charge on any atom is 0.321 e. The first-order chi connectivity index (χ1) is 9.99. The molecule has 0 unspecified atom stereocenters. The van der Waals surface area contributed by atoms with Crippen LogP contribution in [0.25, 0.3) is 0 Å². The number of benzene rings is 1. The van der Waals surface area contributed by atoms with E-state index in [1.165, 1.54) is 5.56 Å². The molecule has 0 fully saturated rings. The van der Waals surface area contributed by atoms with Gasteiger partial charge in [-0.1, -0.05) is 39.8 Å². The number of nitrogens with zero attached hydrogens (tertiary/aromatic N) is 2. The molecule has 1 aromatic carbocycles. The summed E-state index contributed by atoms with van der Waals surface area (Å²) in [5.41, 5.74) is 2.47. The van der Waals surface area contributed by atoms with Gasteiger partial charge < -0.3 is 10.1 Å². The van der Waals surface area contributed by atoms with E-state index in [-0.39, 0.29) is 5.41 Å².